The summed E-state index contributed by atoms with van der Waals surface area (Å²) in [6, 6.07) is 7.07. The zero-order chi connectivity index (χ0) is 18.2. The molecule has 2 aromatic rings. The van der Waals surface area contributed by atoms with Gasteiger partial charge in [0.05, 0.1) is 24.9 Å². The number of Topliss-reactive ketones (excluding diaryl/α,β-unsaturated/α-hetero) is 1. The topological polar surface area (TPSA) is 88.8 Å². The molecular weight excluding hydrogens is 348 g/mol. The van der Waals surface area contributed by atoms with E-state index in [1.54, 1.807) is 18.2 Å². The summed E-state index contributed by atoms with van der Waals surface area (Å²) < 4.78 is 10.3. The molecule has 1 aliphatic rings. The lowest BCUT2D eigenvalue weighted by Gasteiger charge is -2.18. The van der Waals surface area contributed by atoms with E-state index in [1.807, 2.05) is 0 Å². The Balaban J connectivity index is 1.81. The van der Waals surface area contributed by atoms with Gasteiger partial charge in [-0.05, 0) is 37.3 Å². The highest BCUT2D eigenvalue weighted by Gasteiger charge is 2.51. The van der Waals surface area contributed by atoms with Crippen LogP contribution in [0, 0.1) is 0 Å². The smallest absolute Gasteiger partial charge is 0.325 e. The monoisotopic (exact) mass is 362 g/mol. The van der Waals surface area contributed by atoms with E-state index in [2.05, 4.69) is 5.32 Å². The molecule has 0 saturated carbocycles. The van der Waals surface area contributed by atoms with Crippen molar-refractivity contribution in [3.63, 3.8) is 0 Å². The van der Waals surface area contributed by atoms with Crippen LogP contribution < -0.4 is 10.1 Å². The molecule has 2 heterocycles. The molecule has 1 aliphatic heterocycles. The molecule has 25 heavy (non-hydrogen) atoms. The molecule has 1 fully saturated rings. The Bertz CT molecular complexity index is 849. The number of methoxy groups -OCH3 is 1. The number of rotatable bonds is 5. The average Bonchev–Trinajstić information content (AvgIpc) is 3.19. The van der Waals surface area contributed by atoms with Gasteiger partial charge in [-0.3, -0.25) is 14.5 Å². The summed E-state index contributed by atoms with van der Waals surface area (Å²) in [5.41, 5.74) is -1.06. The summed E-state index contributed by atoms with van der Waals surface area (Å²) in [6.07, 6.45) is 1.41. The van der Waals surface area contributed by atoms with Crippen molar-refractivity contribution >= 4 is 29.3 Å². The van der Waals surface area contributed by atoms with Crippen molar-refractivity contribution in [1.29, 1.82) is 0 Å². The molecule has 1 saturated heterocycles. The molecule has 0 aliphatic carbocycles. The van der Waals surface area contributed by atoms with Crippen LogP contribution in [0.5, 0.6) is 5.75 Å². The van der Waals surface area contributed by atoms with E-state index in [0.717, 1.165) is 4.90 Å². The first-order valence-corrected chi connectivity index (χ1v) is 7.79. The van der Waals surface area contributed by atoms with E-state index in [-0.39, 0.29) is 10.6 Å². The number of carbonyl (C=O) groups is 3. The molecule has 3 amide bonds. The zero-order valence-electron chi connectivity index (χ0n) is 13.5. The summed E-state index contributed by atoms with van der Waals surface area (Å²) in [5.74, 6) is -0.246. The van der Waals surface area contributed by atoms with Gasteiger partial charge in [-0.1, -0.05) is 11.6 Å². The van der Waals surface area contributed by atoms with Gasteiger partial charge in [-0.2, -0.15) is 0 Å². The van der Waals surface area contributed by atoms with E-state index in [4.69, 9.17) is 20.8 Å². The van der Waals surface area contributed by atoms with E-state index in [9.17, 15) is 14.4 Å². The fourth-order valence-electron chi connectivity index (χ4n) is 2.65. The van der Waals surface area contributed by atoms with Gasteiger partial charge in [0, 0.05) is 5.56 Å². The van der Waals surface area contributed by atoms with Crippen molar-refractivity contribution < 1.29 is 23.5 Å². The maximum absolute atomic E-state index is 12.7. The number of imide groups is 1. The van der Waals surface area contributed by atoms with E-state index in [0.29, 0.717) is 11.5 Å². The quantitative estimate of drug-likeness (QED) is 0.652. The van der Waals surface area contributed by atoms with Crippen molar-refractivity contribution in [3.8, 4) is 5.75 Å². The third-order valence-electron chi connectivity index (χ3n) is 4.06. The second-order valence-corrected chi connectivity index (χ2v) is 6.10. The minimum Gasteiger partial charge on any atom is -0.495 e. The minimum atomic E-state index is -1.33. The van der Waals surface area contributed by atoms with Gasteiger partial charge >= 0.3 is 6.03 Å². The van der Waals surface area contributed by atoms with Gasteiger partial charge in [0.15, 0.2) is 11.3 Å². The van der Waals surface area contributed by atoms with Gasteiger partial charge in [0.1, 0.15) is 11.5 Å². The molecule has 0 radical (unpaired) electrons. The molecule has 1 unspecified atom stereocenters. The number of urea groups is 1. The zero-order valence-corrected chi connectivity index (χ0v) is 14.3. The highest BCUT2D eigenvalue weighted by atomic mass is 35.5. The number of nitrogens with one attached hydrogen (secondary N) is 1. The van der Waals surface area contributed by atoms with E-state index in [1.165, 1.54) is 32.4 Å². The maximum Gasteiger partial charge on any atom is 0.325 e. The SMILES string of the molecule is COc1ccc(C(=O)CN2C(=O)NC(C)(c3ccco3)C2=O)cc1Cl. The summed E-state index contributed by atoms with van der Waals surface area (Å²) in [5, 5.41) is 2.83. The molecule has 8 heteroatoms. The predicted octanol–water partition coefficient (Wildman–Crippen LogP) is 2.59. The number of ketones is 1. The van der Waals surface area contributed by atoms with Crippen molar-refractivity contribution in [2.75, 3.05) is 13.7 Å². The normalized spacial score (nSPS) is 19.9. The fourth-order valence-corrected chi connectivity index (χ4v) is 2.90. The molecule has 1 aromatic carbocycles. The number of halogens is 1. The number of carbonyl (C=O) groups excluding carboxylic acids is 3. The lowest BCUT2D eigenvalue weighted by molar-refractivity contribution is -0.131. The van der Waals surface area contributed by atoms with Gasteiger partial charge in [-0.25, -0.2) is 4.79 Å². The van der Waals surface area contributed by atoms with Crippen LogP contribution in [0.2, 0.25) is 5.02 Å². The number of furan rings is 1. The van der Waals surface area contributed by atoms with Crippen LogP contribution in [-0.4, -0.2) is 36.3 Å². The number of nitrogens with zero attached hydrogens (tertiary/aromatic N) is 1. The van der Waals surface area contributed by atoms with Gasteiger partial charge < -0.3 is 14.5 Å². The molecule has 1 aromatic heterocycles. The molecule has 1 N–H and O–H groups in total. The molecule has 7 nitrogen and oxygen atoms in total. The van der Waals surface area contributed by atoms with Crippen LogP contribution in [0.4, 0.5) is 4.79 Å². The first-order chi connectivity index (χ1) is 11.9. The summed E-state index contributed by atoms with van der Waals surface area (Å²) in [4.78, 5) is 38.1. The van der Waals surface area contributed by atoms with Gasteiger partial charge in [-0.15, -0.1) is 0 Å². The number of benzene rings is 1. The molecule has 3 rings (SSSR count). The average molecular weight is 363 g/mol. The Hall–Kier alpha value is -2.80. The Morgan fingerprint density at radius 3 is 2.72 bits per heavy atom. The molecule has 0 bridgehead atoms. The third kappa shape index (κ3) is 2.87. The number of hydrogen-bond acceptors (Lipinski definition) is 5. The van der Waals surface area contributed by atoms with Crippen LogP contribution in [0.1, 0.15) is 23.0 Å². The van der Waals surface area contributed by atoms with E-state index >= 15 is 0 Å². The van der Waals surface area contributed by atoms with Gasteiger partial charge in [0.2, 0.25) is 0 Å². The van der Waals surface area contributed by atoms with Gasteiger partial charge in [0.25, 0.3) is 5.91 Å². The van der Waals surface area contributed by atoms with Crippen molar-refractivity contribution in [2.24, 2.45) is 0 Å². The Kier molecular flexibility index (Phi) is 4.26. The third-order valence-corrected chi connectivity index (χ3v) is 4.36. The standard InChI is InChI=1S/C17H15ClN2O5/c1-17(14-4-3-7-25-14)15(22)20(16(23)19-17)9-12(21)10-5-6-13(24-2)11(18)8-10/h3-8H,9H2,1-2H3,(H,19,23). The number of hydrogen-bond donors (Lipinski definition) is 1. The minimum absolute atomic E-state index is 0.269. The predicted molar refractivity (Wildman–Crippen MR) is 88.6 cm³/mol. The van der Waals surface area contributed by atoms with Crippen LogP contribution in [0.25, 0.3) is 0 Å². The highest BCUT2D eigenvalue weighted by Crippen LogP contribution is 2.30. The molecular formula is C17H15ClN2O5. The first-order valence-electron chi connectivity index (χ1n) is 7.41. The maximum atomic E-state index is 12.7. The van der Waals surface area contributed by atoms with Crippen LogP contribution in [-0.2, 0) is 10.3 Å². The summed E-state index contributed by atoms with van der Waals surface area (Å²) >= 11 is 6.01. The Labute approximate surface area is 148 Å². The second-order valence-electron chi connectivity index (χ2n) is 5.70. The summed E-state index contributed by atoms with van der Waals surface area (Å²) in [7, 11) is 1.46. The lowest BCUT2D eigenvalue weighted by atomic mass is 9.99. The van der Waals surface area contributed by atoms with E-state index < -0.39 is 29.8 Å². The van der Waals surface area contributed by atoms with Crippen molar-refractivity contribution in [3.05, 3.63) is 52.9 Å². The lowest BCUT2D eigenvalue weighted by Crippen LogP contribution is -2.41. The highest BCUT2D eigenvalue weighted by molar-refractivity contribution is 6.32. The summed E-state index contributed by atoms with van der Waals surface area (Å²) in [6.45, 7) is 1.13. The van der Waals surface area contributed by atoms with Crippen molar-refractivity contribution in [1.82, 2.24) is 10.2 Å². The number of ether oxygens (including phenoxy) is 1. The van der Waals surface area contributed by atoms with Crippen LogP contribution in [0.3, 0.4) is 0 Å². The van der Waals surface area contributed by atoms with Crippen LogP contribution >= 0.6 is 11.6 Å². The molecule has 0 spiro atoms. The molecule has 130 valence electrons. The fraction of sp³-hybridized carbons (Fsp3) is 0.235. The van der Waals surface area contributed by atoms with Crippen LogP contribution in [0.15, 0.2) is 41.0 Å². The Morgan fingerprint density at radius 2 is 2.12 bits per heavy atom. The number of amides is 3. The second kappa shape index (κ2) is 6.25. The largest absolute Gasteiger partial charge is 0.495 e. The Morgan fingerprint density at radius 1 is 1.36 bits per heavy atom. The van der Waals surface area contributed by atoms with Crippen molar-refractivity contribution in [2.45, 2.75) is 12.5 Å². The molecule has 1 atom stereocenters. The first kappa shape index (κ1) is 17.0.